The summed E-state index contributed by atoms with van der Waals surface area (Å²) in [6.07, 6.45) is 1.09. The molecule has 0 atom stereocenters. The molecule has 0 aliphatic rings. The van der Waals surface area contributed by atoms with Crippen molar-refractivity contribution in [2.75, 3.05) is 0 Å². The second kappa shape index (κ2) is 14.5. The van der Waals surface area contributed by atoms with E-state index in [9.17, 15) is 9.59 Å². The van der Waals surface area contributed by atoms with Crippen LogP contribution in [0.4, 0.5) is 0 Å². The maximum Gasteiger partial charge on any atom is 0 e. The van der Waals surface area contributed by atoms with Crippen molar-refractivity contribution in [2.45, 2.75) is 6.92 Å². The van der Waals surface area contributed by atoms with Crippen molar-refractivity contribution in [1.82, 2.24) is 0 Å². The fourth-order valence-electron chi connectivity index (χ4n) is 0.870. The van der Waals surface area contributed by atoms with E-state index in [2.05, 4.69) is 13.3 Å². The predicted molar refractivity (Wildman–Crippen MR) is 53.6 cm³/mol. The van der Waals surface area contributed by atoms with Crippen molar-refractivity contribution in [3.63, 3.8) is 0 Å². The Kier molecular flexibility index (Phi) is 17.9. The summed E-state index contributed by atoms with van der Waals surface area (Å²) in [6.45, 7) is 10.4. The van der Waals surface area contributed by atoms with Crippen molar-refractivity contribution in [3.8, 4) is 0 Å². The summed E-state index contributed by atoms with van der Waals surface area (Å²) < 4.78 is 15.0. The summed E-state index contributed by atoms with van der Waals surface area (Å²) in [7, 11) is 0. The molecule has 1 rings (SSSR count). The zero-order valence-electron chi connectivity index (χ0n) is 8.93. The molecule has 0 unspecified atom stereocenters. The van der Waals surface area contributed by atoms with Crippen molar-refractivity contribution in [2.24, 2.45) is 0 Å². The van der Waals surface area contributed by atoms with Gasteiger partial charge in [0, 0.05) is 25.3 Å². The van der Waals surface area contributed by atoms with Gasteiger partial charge in [0.15, 0.2) is 0 Å². The SMILES string of the molecule is CC(=O)[CH-]C(=O)c1ccccc1.[C-]#[O+].[C-]#[O+].[Rh]. The second-order valence-electron chi connectivity index (χ2n) is 2.49. The summed E-state index contributed by atoms with van der Waals surface area (Å²) in [5.41, 5.74) is 0.549. The molecule has 91 valence electrons. The van der Waals surface area contributed by atoms with Gasteiger partial charge < -0.3 is 9.59 Å². The standard InChI is InChI=1S/C10H9O2.2CO.Rh/c1-8(11)7-10(12)9-5-3-2-4-6-9;2*1-2;/h2-7H,1H3;;;/q-1;;;. The molecule has 1 aromatic rings. The number of hydrogen-bond acceptors (Lipinski definition) is 2. The van der Waals surface area contributed by atoms with Crippen LogP contribution in [0.25, 0.3) is 0 Å². The molecule has 0 fully saturated rings. The normalized spacial score (nSPS) is 6.65. The summed E-state index contributed by atoms with van der Waals surface area (Å²) in [5, 5.41) is 0. The minimum absolute atomic E-state index is 0. The van der Waals surface area contributed by atoms with Crippen molar-refractivity contribution >= 4 is 11.6 Å². The number of benzene rings is 1. The topological polar surface area (TPSA) is 73.9 Å². The Labute approximate surface area is 113 Å². The van der Waals surface area contributed by atoms with Crippen molar-refractivity contribution in [3.05, 3.63) is 55.6 Å². The van der Waals surface area contributed by atoms with Crippen molar-refractivity contribution in [1.29, 1.82) is 0 Å². The number of hydrogen-bond donors (Lipinski definition) is 0. The molecule has 0 aliphatic heterocycles. The van der Waals surface area contributed by atoms with E-state index in [0.717, 1.165) is 6.42 Å². The molecule has 0 bridgehead atoms. The van der Waals surface area contributed by atoms with Crippen LogP contribution in [0.3, 0.4) is 0 Å². The maximum atomic E-state index is 11.2. The van der Waals surface area contributed by atoms with Gasteiger partial charge in [-0.15, -0.1) is 24.1 Å². The van der Waals surface area contributed by atoms with Crippen LogP contribution in [0.15, 0.2) is 30.3 Å². The third-order valence-corrected chi connectivity index (χ3v) is 1.39. The number of ketones is 2. The smallest absolute Gasteiger partial charge is 0 e. The first-order valence-corrected chi connectivity index (χ1v) is 4.05. The first-order valence-electron chi connectivity index (χ1n) is 4.05. The Hall–Kier alpha value is -1.47. The van der Waals surface area contributed by atoms with Crippen LogP contribution < -0.4 is 0 Å². The van der Waals surface area contributed by atoms with Gasteiger partial charge in [0.2, 0.25) is 0 Å². The zero-order chi connectivity index (χ0) is 13.0. The van der Waals surface area contributed by atoms with E-state index in [1.807, 2.05) is 6.07 Å². The molecule has 4 nitrogen and oxygen atoms in total. The molecule has 0 spiro atoms. The molecule has 0 saturated carbocycles. The number of rotatable bonds is 3. The average molecular weight is 320 g/mol. The second-order valence-corrected chi connectivity index (χ2v) is 2.49. The van der Waals surface area contributed by atoms with E-state index < -0.39 is 0 Å². The van der Waals surface area contributed by atoms with Gasteiger partial charge in [0.25, 0.3) is 0 Å². The molecule has 0 aliphatic carbocycles. The molecule has 0 heterocycles. The van der Waals surface area contributed by atoms with Crippen molar-refractivity contribution < 1.29 is 38.4 Å². The van der Waals surface area contributed by atoms with Crippen LogP contribution in [-0.4, -0.2) is 11.6 Å². The summed E-state index contributed by atoms with van der Waals surface area (Å²) in [4.78, 5) is 21.7. The zero-order valence-corrected chi connectivity index (χ0v) is 10.6. The van der Waals surface area contributed by atoms with E-state index in [-0.39, 0.29) is 31.0 Å². The largest absolute Gasteiger partial charge is 0 e. The molecule has 1 aromatic carbocycles. The van der Waals surface area contributed by atoms with Gasteiger partial charge >= 0.3 is 22.6 Å². The Bertz CT molecular complexity index is 362. The average Bonchev–Trinajstić information content (AvgIpc) is 2.34. The Morgan fingerprint density at radius 1 is 1.06 bits per heavy atom. The van der Waals surface area contributed by atoms with Gasteiger partial charge in [-0.1, -0.05) is 18.2 Å². The molecule has 17 heavy (non-hydrogen) atoms. The molecule has 0 N–H and O–H groups in total. The van der Waals surface area contributed by atoms with Gasteiger partial charge in [0.1, 0.15) is 0 Å². The molecular weight excluding hydrogens is 311 g/mol. The van der Waals surface area contributed by atoms with E-state index in [1.165, 1.54) is 6.92 Å². The molecule has 0 amide bonds. The van der Waals surface area contributed by atoms with Crippen LogP contribution in [0, 0.1) is 19.7 Å². The van der Waals surface area contributed by atoms with E-state index >= 15 is 0 Å². The van der Waals surface area contributed by atoms with E-state index in [0.29, 0.717) is 5.56 Å². The molecule has 0 aromatic heterocycles. The molecular formula is C12H9O4Rh-. The van der Waals surface area contributed by atoms with Gasteiger partial charge in [0.05, 0.1) is 5.78 Å². The van der Waals surface area contributed by atoms with Crippen LogP contribution in [0.5, 0.6) is 0 Å². The third-order valence-electron chi connectivity index (χ3n) is 1.39. The third kappa shape index (κ3) is 10.8. The Balaban J connectivity index is -0.000000355. The minimum Gasteiger partial charge on any atom is 0 e. The summed E-state index contributed by atoms with van der Waals surface area (Å²) in [5.74, 6) is -0.452. The Morgan fingerprint density at radius 2 is 1.47 bits per heavy atom. The summed E-state index contributed by atoms with van der Waals surface area (Å²) in [6, 6.07) is 8.72. The number of carbonyl (C=O) groups is 2. The first kappa shape index (κ1) is 20.9. The van der Waals surface area contributed by atoms with Gasteiger partial charge in [-0.3, -0.25) is 0 Å². The molecule has 1 radical (unpaired) electrons. The minimum atomic E-state index is -0.233. The predicted octanol–water partition coefficient (Wildman–Crippen LogP) is 1.59. The summed E-state index contributed by atoms with van der Waals surface area (Å²) >= 11 is 0. The fourth-order valence-corrected chi connectivity index (χ4v) is 0.870. The number of Topliss-reactive ketones (excluding diaryl/α,β-unsaturated/α-hetero) is 2. The van der Waals surface area contributed by atoms with E-state index in [4.69, 9.17) is 9.30 Å². The Morgan fingerprint density at radius 3 is 1.82 bits per heavy atom. The number of carbonyl (C=O) groups excluding carboxylic acids is 2. The van der Waals surface area contributed by atoms with Gasteiger partial charge in [-0.25, -0.2) is 0 Å². The molecule has 0 saturated heterocycles. The first-order chi connectivity index (χ1) is 7.70. The van der Waals surface area contributed by atoms with E-state index in [1.54, 1.807) is 24.3 Å². The molecule has 5 heteroatoms. The van der Waals surface area contributed by atoms with Gasteiger partial charge in [-0.2, -0.15) is 0 Å². The monoisotopic (exact) mass is 320 g/mol. The van der Waals surface area contributed by atoms with Crippen LogP contribution in [-0.2, 0) is 33.6 Å². The van der Waals surface area contributed by atoms with Crippen LogP contribution in [0.2, 0.25) is 0 Å². The van der Waals surface area contributed by atoms with Crippen LogP contribution >= 0.6 is 0 Å². The quantitative estimate of drug-likeness (QED) is 0.279. The van der Waals surface area contributed by atoms with Crippen LogP contribution in [0.1, 0.15) is 17.3 Å². The maximum absolute atomic E-state index is 11.2. The fraction of sp³-hybridized carbons (Fsp3) is 0.0833. The van der Waals surface area contributed by atoms with Gasteiger partial charge in [-0.05, 0) is 6.92 Å².